The summed E-state index contributed by atoms with van der Waals surface area (Å²) in [5.74, 6) is 0. The van der Waals surface area contributed by atoms with Gasteiger partial charge >= 0.3 is 0 Å². The van der Waals surface area contributed by atoms with Crippen LogP contribution >= 0.6 is 34.2 Å². The zero-order valence-electron chi connectivity index (χ0n) is 13.4. The van der Waals surface area contributed by atoms with Crippen molar-refractivity contribution in [3.8, 4) is 0 Å². The Hall–Kier alpha value is -1.85. The molecule has 0 bridgehead atoms. The van der Waals surface area contributed by atoms with Gasteiger partial charge in [-0.15, -0.1) is 0 Å². The minimum Gasteiger partial charge on any atom is -0.256 e. The first-order valence-corrected chi connectivity index (χ1v) is 9.60. The molecule has 0 aliphatic carbocycles. The molecule has 0 saturated carbocycles. The maximum Gasteiger partial charge on any atom is 0.0832 e. The minimum atomic E-state index is 0.170. The largest absolute Gasteiger partial charge is 0.256 e. The molecule has 4 heteroatoms. The predicted octanol–water partition coefficient (Wildman–Crippen LogP) is 6.30. The van der Waals surface area contributed by atoms with Crippen molar-refractivity contribution >= 4 is 45.6 Å². The second-order valence-corrected chi connectivity index (χ2v) is 7.58. The minimum absolute atomic E-state index is 0.170. The number of rotatable bonds is 3. The molecule has 4 rings (SSSR count). The van der Waals surface area contributed by atoms with Crippen LogP contribution in [-0.2, 0) is 0 Å². The van der Waals surface area contributed by atoms with Crippen molar-refractivity contribution in [1.82, 2.24) is 0 Å². The van der Waals surface area contributed by atoms with Crippen molar-refractivity contribution in [2.45, 2.75) is 12.5 Å². The number of halogens is 2. The maximum absolute atomic E-state index is 6.08. The summed E-state index contributed by atoms with van der Waals surface area (Å²) in [6, 6.07) is 27.0. The normalized spacial score (nSPS) is 16.8. The number of benzene rings is 3. The zero-order valence-corrected chi connectivity index (χ0v) is 16.4. The highest BCUT2D eigenvalue weighted by atomic mass is 127. The van der Waals surface area contributed by atoms with Gasteiger partial charge in [0.25, 0.3) is 0 Å². The molecular formula is C21H16ClIN2. The SMILES string of the molecule is Clc1ccc(C2CC(c3ccccc3)=NN2c2ccccc2I)cc1. The molecule has 0 radical (unpaired) electrons. The van der Waals surface area contributed by atoms with E-state index in [-0.39, 0.29) is 6.04 Å². The van der Waals surface area contributed by atoms with E-state index in [4.69, 9.17) is 16.7 Å². The summed E-state index contributed by atoms with van der Waals surface area (Å²) >= 11 is 8.45. The molecule has 0 N–H and O–H groups in total. The number of hydrogen-bond donors (Lipinski definition) is 0. The van der Waals surface area contributed by atoms with Crippen LogP contribution in [0.5, 0.6) is 0 Å². The number of hydrogen-bond acceptors (Lipinski definition) is 2. The first-order chi connectivity index (χ1) is 12.2. The van der Waals surface area contributed by atoms with E-state index in [2.05, 4.69) is 88.3 Å². The third-order valence-electron chi connectivity index (χ3n) is 4.37. The van der Waals surface area contributed by atoms with Crippen LogP contribution in [0.1, 0.15) is 23.6 Å². The maximum atomic E-state index is 6.08. The zero-order chi connectivity index (χ0) is 17.2. The molecule has 1 heterocycles. The second-order valence-electron chi connectivity index (χ2n) is 5.98. The van der Waals surface area contributed by atoms with Crippen molar-refractivity contribution in [1.29, 1.82) is 0 Å². The average molecular weight is 459 g/mol. The molecular weight excluding hydrogens is 443 g/mol. The fraction of sp³-hybridized carbons (Fsp3) is 0.0952. The second kappa shape index (κ2) is 7.18. The molecule has 1 atom stereocenters. The fourth-order valence-electron chi connectivity index (χ4n) is 3.12. The van der Waals surface area contributed by atoms with E-state index in [1.165, 1.54) is 14.7 Å². The lowest BCUT2D eigenvalue weighted by Crippen LogP contribution is -2.19. The van der Waals surface area contributed by atoms with E-state index in [1.807, 2.05) is 18.2 Å². The highest BCUT2D eigenvalue weighted by molar-refractivity contribution is 14.1. The highest BCUT2D eigenvalue weighted by Crippen LogP contribution is 2.38. The van der Waals surface area contributed by atoms with Crippen molar-refractivity contribution in [3.05, 3.63) is 98.6 Å². The van der Waals surface area contributed by atoms with E-state index < -0.39 is 0 Å². The Bertz CT molecular complexity index is 907. The standard InChI is InChI=1S/C21H16ClIN2/c22-17-12-10-16(11-13-17)21-14-19(15-6-2-1-3-7-15)24-25(21)20-9-5-4-8-18(20)23/h1-13,21H,14H2. The summed E-state index contributed by atoms with van der Waals surface area (Å²) in [7, 11) is 0. The Labute approximate surface area is 166 Å². The highest BCUT2D eigenvalue weighted by Gasteiger charge is 2.30. The summed E-state index contributed by atoms with van der Waals surface area (Å²) in [5, 5.41) is 7.88. The number of para-hydroxylation sites is 1. The van der Waals surface area contributed by atoms with Gasteiger partial charge in [0.05, 0.1) is 17.4 Å². The van der Waals surface area contributed by atoms with Gasteiger partial charge < -0.3 is 0 Å². The third kappa shape index (κ3) is 3.44. The lowest BCUT2D eigenvalue weighted by Gasteiger charge is -2.25. The summed E-state index contributed by atoms with van der Waals surface area (Å²) in [6.07, 6.45) is 0.872. The first kappa shape index (κ1) is 16.6. The van der Waals surface area contributed by atoms with E-state index in [9.17, 15) is 0 Å². The molecule has 0 amide bonds. The topological polar surface area (TPSA) is 15.6 Å². The monoisotopic (exact) mass is 458 g/mol. The summed E-state index contributed by atoms with van der Waals surface area (Å²) in [4.78, 5) is 0. The molecule has 1 unspecified atom stereocenters. The van der Waals surface area contributed by atoms with Crippen LogP contribution < -0.4 is 5.01 Å². The van der Waals surface area contributed by atoms with Gasteiger partial charge in [0.2, 0.25) is 0 Å². The Morgan fingerprint density at radius 1 is 0.880 bits per heavy atom. The fourth-order valence-corrected chi connectivity index (χ4v) is 3.88. The molecule has 0 saturated heterocycles. The summed E-state index contributed by atoms with van der Waals surface area (Å²) < 4.78 is 1.19. The van der Waals surface area contributed by atoms with Gasteiger partial charge in [0.1, 0.15) is 0 Å². The molecule has 1 aliphatic heterocycles. The van der Waals surface area contributed by atoms with Crippen LogP contribution in [-0.4, -0.2) is 5.71 Å². The molecule has 0 aromatic heterocycles. The van der Waals surface area contributed by atoms with Gasteiger partial charge in [-0.25, -0.2) is 0 Å². The molecule has 3 aromatic rings. The Balaban J connectivity index is 1.78. The molecule has 2 nitrogen and oxygen atoms in total. The van der Waals surface area contributed by atoms with Crippen LogP contribution in [0.2, 0.25) is 5.02 Å². The van der Waals surface area contributed by atoms with Gasteiger partial charge in [0.15, 0.2) is 0 Å². The molecule has 0 spiro atoms. The Morgan fingerprint density at radius 3 is 2.28 bits per heavy atom. The lowest BCUT2D eigenvalue weighted by molar-refractivity contribution is 0.707. The third-order valence-corrected chi connectivity index (χ3v) is 5.54. The average Bonchev–Trinajstić information content (AvgIpc) is 3.09. The van der Waals surface area contributed by atoms with Gasteiger partial charge in [-0.1, -0.05) is 66.2 Å². The molecule has 124 valence electrons. The summed E-state index contributed by atoms with van der Waals surface area (Å²) in [5.41, 5.74) is 4.64. The quantitative estimate of drug-likeness (QED) is 0.421. The van der Waals surface area contributed by atoms with Crippen molar-refractivity contribution in [2.75, 3.05) is 5.01 Å². The van der Waals surface area contributed by atoms with Gasteiger partial charge in [-0.2, -0.15) is 5.10 Å². The Kier molecular flexibility index (Phi) is 4.77. The van der Waals surface area contributed by atoms with Crippen LogP contribution in [0.25, 0.3) is 0 Å². The summed E-state index contributed by atoms with van der Waals surface area (Å²) in [6.45, 7) is 0. The smallest absolute Gasteiger partial charge is 0.0832 e. The van der Waals surface area contributed by atoms with Crippen molar-refractivity contribution in [3.63, 3.8) is 0 Å². The number of hydrazone groups is 1. The van der Waals surface area contributed by atoms with Crippen molar-refractivity contribution in [2.24, 2.45) is 5.10 Å². The van der Waals surface area contributed by atoms with Gasteiger partial charge in [-0.05, 0) is 58.0 Å². The number of nitrogens with zero attached hydrogens (tertiary/aromatic N) is 2. The van der Waals surface area contributed by atoms with Crippen LogP contribution in [0, 0.1) is 3.57 Å². The van der Waals surface area contributed by atoms with Gasteiger partial charge in [-0.3, -0.25) is 5.01 Å². The van der Waals surface area contributed by atoms with E-state index in [1.54, 1.807) is 0 Å². The molecule has 1 aliphatic rings. The van der Waals surface area contributed by atoms with Gasteiger partial charge in [0, 0.05) is 15.0 Å². The van der Waals surface area contributed by atoms with E-state index in [0.29, 0.717) is 0 Å². The van der Waals surface area contributed by atoms with Crippen LogP contribution in [0.15, 0.2) is 84.0 Å². The lowest BCUT2D eigenvalue weighted by atomic mass is 9.98. The molecule has 0 fully saturated rings. The van der Waals surface area contributed by atoms with Crippen molar-refractivity contribution < 1.29 is 0 Å². The molecule has 25 heavy (non-hydrogen) atoms. The predicted molar refractivity (Wildman–Crippen MR) is 113 cm³/mol. The first-order valence-electron chi connectivity index (χ1n) is 8.14. The van der Waals surface area contributed by atoms with Crippen LogP contribution in [0.3, 0.4) is 0 Å². The number of anilines is 1. The van der Waals surface area contributed by atoms with E-state index >= 15 is 0 Å². The molecule has 3 aromatic carbocycles. The Morgan fingerprint density at radius 2 is 1.56 bits per heavy atom. The van der Waals surface area contributed by atoms with E-state index in [0.717, 1.165) is 22.8 Å². The van der Waals surface area contributed by atoms with Crippen LogP contribution in [0.4, 0.5) is 5.69 Å².